The average molecular weight is 704 g/mol. The van der Waals surface area contributed by atoms with Crippen molar-refractivity contribution in [2.75, 3.05) is 31.8 Å². The Labute approximate surface area is 273 Å². The maximum atomic E-state index is 15.2. The van der Waals surface area contributed by atoms with Gasteiger partial charge in [0.1, 0.15) is 29.3 Å². The molecule has 0 spiro atoms. The number of nitrogens with zero attached hydrogens (tertiary/aromatic N) is 2. The molecule has 1 N–H and O–H groups in total. The summed E-state index contributed by atoms with van der Waals surface area (Å²) in [6.07, 6.45) is -10.0. The number of esters is 1. The first-order chi connectivity index (χ1) is 22.9. The summed E-state index contributed by atoms with van der Waals surface area (Å²) < 4.78 is 129. The fourth-order valence-corrected chi connectivity index (χ4v) is 5.98. The second-order valence-corrected chi connectivity index (χ2v) is 11.5. The maximum absolute atomic E-state index is 15.2. The van der Waals surface area contributed by atoms with Crippen molar-refractivity contribution in [1.82, 2.24) is 9.88 Å². The number of rotatable bonds is 7. The van der Waals surface area contributed by atoms with Gasteiger partial charge >= 0.3 is 18.3 Å². The first kappa shape index (κ1) is 35.8. The minimum atomic E-state index is -4.87. The van der Waals surface area contributed by atoms with Crippen LogP contribution in [-0.4, -0.2) is 61.6 Å². The normalized spacial score (nSPS) is 17.1. The van der Waals surface area contributed by atoms with Gasteiger partial charge < -0.3 is 29.0 Å². The molecule has 2 aliphatic rings. The number of nitrogens with one attached hydrogen (secondary N) is 1. The predicted octanol–water partition coefficient (Wildman–Crippen LogP) is 4.97. The van der Waals surface area contributed by atoms with Crippen molar-refractivity contribution in [3.05, 3.63) is 85.8 Å². The van der Waals surface area contributed by atoms with Crippen molar-refractivity contribution in [2.24, 2.45) is 7.05 Å². The maximum Gasteiger partial charge on any atom is 0.417 e. The van der Waals surface area contributed by atoms with Gasteiger partial charge in [-0.3, -0.25) is 9.59 Å². The molecule has 49 heavy (non-hydrogen) atoms. The number of pyridine rings is 1. The highest BCUT2D eigenvalue weighted by Crippen LogP contribution is 2.40. The summed E-state index contributed by atoms with van der Waals surface area (Å²) in [6.45, 7) is -0.182. The van der Waals surface area contributed by atoms with Crippen molar-refractivity contribution in [3.63, 3.8) is 0 Å². The molecule has 17 heteroatoms. The Kier molecular flexibility index (Phi) is 9.80. The number of carbonyl (C=O) groups is 2. The number of hydrogen-bond acceptors (Lipinski definition) is 7. The van der Waals surface area contributed by atoms with Crippen LogP contribution in [0.4, 0.5) is 40.8 Å². The predicted molar refractivity (Wildman–Crippen MR) is 157 cm³/mol. The lowest BCUT2D eigenvalue weighted by atomic mass is 9.89. The van der Waals surface area contributed by atoms with Crippen LogP contribution in [-0.2, 0) is 51.9 Å². The lowest BCUT2D eigenvalue weighted by Crippen LogP contribution is -2.53. The number of anilines is 1. The van der Waals surface area contributed by atoms with Crippen LogP contribution in [0.15, 0.2) is 35.1 Å². The molecule has 5 rings (SSSR count). The lowest BCUT2D eigenvalue weighted by Gasteiger charge is -2.38. The molecule has 264 valence electrons. The van der Waals surface area contributed by atoms with Crippen LogP contribution in [0.1, 0.15) is 38.3 Å². The van der Waals surface area contributed by atoms with E-state index in [0.29, 0.717) is 28.2 Å². The van der Waals surface area contributed by atoms with E-state index in [1.54, 1.807) is 0 Å². The number of methoxy groups -OCH3 is 1. The Bertz CT molecular complexity index is 1830. The highest BCUT2D eigenvalue weighted by atomic mass is 19.4. The number of amides is 1. The fraction of sp³-hybridized carbons (Fsp3) is 0.406. The standard InChI is InChI=1S/C32H29F8N3O6/c1-15-8-21(31(35,36)37)26(29(45)42(15)2)18-5-4-16(19-12-49-13-20(18)19)9-24(30(46)47-3)41-28(44)27-22(33)10-17(11-23(27)34)43-6-7-48-14-25(43)32(38,39)40/h4-5,8,10-11,24-25H,6-7,9,12-14H2,1-3H3,(H,41,44)/t24-,25+/m0/s1. The Morgan fingerprint density at radius 1 is 1.02 bits per heavy atom. The number of aryl methyl sites for hydroxylation is 1. The van der Waals surface area contributed by atoms with E-state index in [1.807, 2.05) is 0 Å². The Balaban J connectivity index is 1.47. The van der Waals surface area contributed by atoms with Crippen molar-refractivity contribution < 1.29 is 58.9 Å². The number of aromatic nitrogens is 1. The second kappa shape index (κ2) is 13.4. The van der Waals surface area contributed by atoms with Crippen molar-refractivity contribution in [2.45, 2.75) is 51.0 Å². The summed E-state index contributed by atoms with van der Waals surface area (Å²) in [5.41, 5.74) is -3.38. The molecule has 9 nitrogen and oxygen atoms in total. The van der Waals surface area contributed by atoms with Gasteiger partial charge in [0.2, 0.25) is 0 Å². The summed E-state index contributed by atoms with van der Waals surface area (Å²) >= 11 is 0. The largest absolute Gasteiger partial charge is 0.467 e. The van der Waals surface area contributed by atoms with E-state index in [9.17, 15) is 40.7 Å². The molecule has 0 aliphatic carbocycles. The first-order valence-corrected chi connectivity index (χ1v) is 14.7. The third-order valence-corrected chi connectivity index (χ3v) is 8.57. The lowest BCUT2D eigenvalue weighted by molar-refractivity contribution is -0.167. The summed E-state index contributed by atoms with van der Waals surface area (Å²) in [5, 5.41) is 2.19. The van der Waals surface area contributed by atoms with Gasteiger partial charge in [0.05, 0.1) is 44.7 Å². The van der Waals surface area contributed by atoms with E-state index < -0.39 is 82.5 Å². The fourth-order valence-electron chi connectivity index (χ4n) is 5.98. The molecule has 0 unspecified atom stereocenters. The molecular formula is C32H29F8N3O6. The summed E-state index contributed by atoms with van der Waals surface area (Å²) in [4.78, 5) is 39.7. The van der Waals surface area contributed by atoms with Crippen LogP contribution in [0.25, 0.3) is 11.1 Å². The zero-order valence-electron chi connectivity index (χ0n) is 26.2. The SMILES string of the molecule is COC(=O)[C@H](Cc1ccc(-c2c(C(F)(F)F)cc(C)n(C)c2=O)c2c1COC2)NC(=O)c1c(F)cc(N2CCOC[C@@H]2C(F)(F)F)cc1F. The van der Waals surface area contributed by atoms with Gasteiger partial charge in [-0.2, -0.15) is 26.3 Å². The number of benzene rings is 2. The highest BCUT2D eigenvalue weighted by molar-refractivity contribution is 5.97. The van der Waals surface area contributed by atoms with Gasteiger partial charge in [-0.05, 0) is 47.4 Å². The Morgan fingerprint density at radius 2 is 1.67 bits per heavy atom. The third-order valence-electron chi connectivity index (χ3n) is 8.57. The Morgan fingerprint density at radius 3 is 2.29 bits per heavy atom. The summed E-state index contributed by atoms with van der Waals surface area (Å²) in [7, 11) is 2.32. The number of hydrogen-bond donors (Lipinski definition) is 1. The monoisotopic (exact) mass is 703 g/mol. The van der Waals surface area contributed by atoms with Crippen molar-refractivity contribution in [3.8, 4) is 11.1 Å². The molecular weight excluding hydrogens is 674 g/mol. The highest BCUT2D eigenvalue weighted by Gasteiger charge is 2.46. The van der Waals surface area contributed by atoms with E-state index in [0.717, 1.165) is 17.7 Å². The van der Waals surface area contributed by atoms with E-state index in [2.05, 4.69) is 5.32 Å². The first-order valence-electron chi connectivity index (χ1n) is 14.7. The number of fused-ring (bicyclic) bond motifs is 1. The molecule has 0 radical (unpaired) electrons. The minimum absolute atomic E-state index is 0.0416. The summed E-state index contributed by atoms with van der Waals surface area (Å²) in [6, 6.07) is 0.840. The average Bonchev–Trinajstić information content (AvgIpc) is 3.53. The van der Waals surface area contributed by atoms with Gasteiger partial charge in [-0.25, -0.2) is 13.6 Å². The number of morpholine rings is 1. The quantitative estimate of drug-likeness (QED) is 0.274. The second-order valence-electron chi connectivity index (χ2n) is 11.5. The van der Waals surface area contributed by atoms with Gasteiger partial charge in [-0.1, -0.05) is 12.1 Å². The topological polar surface area (TPSA) is 99.1 Å². The molecule has 3 heterocycles. The molecule has 2 aromatic carbocycles. The number of halogens is 8. The number of carbonyl (C=O) groups excluding carboxylic acids is 2. The number of ether oxygens (including phenoxy) is 3. The zero-order valence-corrected chi connectivity index (χ0v) is 26.2. The molecule has 1 saturated heterocycles. The van der Waals surface area contributed by atoms with E-state index >= 15 is 8.78 Å². The minimum Gasteiger partial charge on any atom is -0.467 e. The molecule has 0 bridgehead atoms. The van der Waals surface area contributed by atoms with E-state index in [4.69, 9.17) is 14.2 Å². The van der Waals surface area contributed by atoms with Crippen LogP contribution in [0.2, 0.25) is 0 Å². The van der Waals surface area contributed by atoms with Crippen LogP contribution in [0.5, 0.6) is 0 Å². The molecule has 3 aromatic rings. The smallest absolute Gasteiger partial charge is 0.417 e. The van der Waals surface area contributed by atoms with Crippen molar-refractivity contribution in [1.29, 1.82) is 0 Å². The molecule has 0 saturated carbocycles. The number of alkyl halides is 6. The van der Waals surface area contributed by atoms with Crippen LogP contribution >= 0.6 is 0 Å². The summed E-state index contributed by atoms with van der Waals surface area (Å²) in [5.74, 6) is -5.46. The zero-order chi connectivity index (χ0) is 36.0. The molecule has 1 amide bonds. The van der Waals surface area contributed by atoms with Gasteiger partial charge in [0.15, 0.2) is 0 Å². The van der Waals surface area contributed by atoms with E-state index in [-0.39, 0.29) is 49.6 Å². The Hall–Kier alpha value is -4.51. The molecule has 1 fully saturated rings. The van der Waals surface area contributed by atoms with Crippen LogP contribution in [0.3, 0.4) is 0 Å². The van der Waals surface area contributed by atoms with Crippen LogP contribution in [0, 0.1) is 18.6 Å². The van der Waals surface area contributed by atoms with Gasteiger partial charge in [0.25, 0.3) is 11.5 Å². The van der Waals surface area contributed by atoms with Gasteiger partial charge in [-0.15, -0.1) is 0 Å². The van der Waals surface area contributed by atoms with E-state index in [1.165, 1.54) is 26.1 Å². The van der Waals surface area contributed by atoms with Crippen LogP contribution < -0.4 is 15.8 Å². The molecule has 1 aromatic heterocycles. The van der Waals surface area contributed by atoms with Gasteiger partial charge in [0, 0.05) is 31.4 Å². The van der Waals surface area contributed by atoms with Crippen molar-refractivity contribution >= 4 is 17.6 Å². The third kappa shape index (κ3) is 6.99. The molecule has 2 atom stereocenters. The molecule has 2 aliphatic heterocycles.